The van der Waals surface area contributed by atoms with E-state index in [0.717, 1.165) is 33.2 Å². The molecule has 110 valence electrons. The van der Waals surface area contributed by atoms with Gasteiger partial charge >= 0.3 is 0 Å². The average Bonchev–Trinajstić information content (AvgIpc) is 2.87. The quantitative estimate of drug-likeness (QED) is 0.686. The molecule has 0 saturated heterocycles. The Hall–Kier alpha value is -2.32. The van der Waals surface area contributed by atoms with Crippen LogP contribution in [0.25, 0.3) is 16.8 Å². The molecule has 0 radical (unpaired) electrons. The minimum absolute atomic E-state index is 0.170. The Kier molecular flexibility index (Phi) is 3.86. The molecule has 1 atom stereocenters. The van der Waals surface area contributed by atoms with E-state index in [-0.39, 0.29) is 5.25 Å². The molecule has 3 rings (SSSR count). The highest BCUT2D eigenvalue weighted by Gasteiger charge is 2.18. The molecular formula is C17H16N4S. The Morgan fingerprint density at radius 3 is 2.64 bits per heavy atom. The highest BCUT2D eigenvalue weighted by atomic mass is 32.2. The highest BCUT2D eigenvalue weighted by Crippen LogP contribution is 2.32. The number of benzene rings is 1. The van der Waals surface area contributed by atoms with Crippen LogP contribution in [0.15, 0.2) is 41.6 Å². The van der Waals surface area contributed by atoms with Gasteiger partial charge in [-0.1, -0.05) is 42.1 Å². The first-order valence-electron chi connectivity index (χ1n) is 7.09. The summed E-state index contributed by atoms with van der Waals surface area (Å²) in [5.41, 5.74) is 5.05. The molecule has 0 aliphatic heterocycles. The lowest BCUT2D eigenvalue weighted by molar-refractivity contribution is 0.792. The number of nitriles is 1. The van der Waals surface area contributed by atoms with E-state index in [1.807, 2.05) is 48.7 Å². The first kappa shape index (κ1) is 14.6. The maximum absolute atomic E-state index is 9.07. The van der Waals surface area contributed by atoms with Crippen LogP contribution in [0.1, 0.15) is 18.2 Å². The zero-order chi connectivity index (χ0) is 15.7. The monoisotopic (exact) mass is 308 g/mol. The first-order chi connectivity index (χ1) is 10.6. The number of thioether (sulfide) groups is 1. The first-order valence-corrected chi connectivity index (χ1v) is 7.97. The van der Waals surface area contributed by atoms with Gasteiger partial charge in [-0.3, -0.25) is 0 Å². The number of aromatic nitrogens is 3. The molecule has 2 heterocycles. The van der Waals surface area contributed by atoms with E-state index in [2.05, 4.69) is 24.2 Å². The van der Waals surface area contributed by atoms with Gasteiger partial charge in [-0.25, -0.2) is 9.50 Å². The summed E-state index contributed by atoms with van der Waals surface area (Å²) >= 11 is 1.43. The number of fused-ring (bicyclic) bond motifs is 1. The number of imidazole rings is 1. The molecule has 4 nitrogen and oxygen atoms in total. The SMILES string of the molecule is Cc1cc(C)c2c(-c3ccccc3)nc(S[C@H](C)C#N)n2n1. The third-order valence-corrected chi connectivity index (χ3v) is 4.33. The van der Waals surface area contributed by atoms with Crippen molar-refractivity contribution in [1.82, 2.24) is 14.6 Å². The Morgan fingerprint density at radius 1 is 1.23 bits per heavy atom. The zero-order valence-corrected chi connectivity index (χ0v) is 13.6. The fourth-order valence-electron chi connectivity index (χ4n) is 2.46. The van der Waals surface area contributed by atoms with Gasteiger partial charge in [0.2, 0.25) is 0 Å². The van der Waals surface area contributed by atoms with Crippen LogP contribution in [0, 0.1) is 25.2 Å². The van der Waals surface area contributed by atoms with Crippen molar-refractivity contribution in [3.8, 4) is 17.3 Å². The standard InChI is InChI=1S/C17H16N4S/c1-11-9-12(2)20-21-16(11)15(14-7-5-4-6-8-14)19-17(21)22-13(3)10-18/h4-9,13H,1-3H3/t13-/m1/s1. The molecule has 2 aromatic heterocycles. The van der Waals surface area contributed by atoms with Crippen LogP contribution in [0.2, 0.25) is 0 Å². The van der Waals surface area contributed by atoms with Crippen LogP contribution in [0.3, 0.4) is 0 Å². The van der Waals surface area contributed by atoms with Gasteiger partial charge < -0.3 is 0 Å². The maximum Gasteiger partial charge on any atom is 0.191 e. The van der Waals surface area contributed by atoms with Crippen LogP contribution in [0.5, 0.6) is 0 Å². The second kappa shape index (κ2) is 5.82. The Balaban J connectivity index is 2.27. The van der Waals surface area contributed by atoms with Gasteiger partial charge in [0.25, 0.3) is 0 Å². The number of hydrogen-bond acceptors (Lipinski definition) is 4. The van der Waals surface area contributed by atoms with Gasteiger partial charge in [0, 0.05) is 5.56 Å². The summed E-state index contributed by atoms with van der Waals surface area (Å²) in [6, 6.07) is 14.4. The van der Waals surface area contributed by atoms with E-state index in [9.17, 15) is 0 Å². The molecule has 0 saturated carbocycles. The minimum atomic E-state index is -0.170. The van der Waals surface area contributed by atoms with Crippen molar-refractivity contribution >= 4 is 17.3 Å². The number of nitrogens with zero attached hydrogens (tertiary/aromatic N) is 4. The molecule has 0 aliphatic carbocycles. The minimum Gasteiger partial charge on any atom is -0.220 e. The molecule has 0 amide bonds. The lowest BCUT2D eigenvalue weighted by Gasteiger charge is -2.05. The topological polar surface area (TPSA) is 54.0 Å². The van der Waals surface area contributed by atoms with Crippen molar-refractivity contribution < 1.29 is 0 Å². The molecule has 0 bridgehead atoms. The molecule has 0 spiro atoms. The second-order valence-electron chi connectivity index (χ2n) is 5.23. The lowest BCUT2D eigenvalue weighted by atomic mass is 10.1. The second-order valence-corrected chi connectivity index (χ2v) is 6.54. The molecule has 0 aliphatic rings. The fraction of sp³-hybridized carbons (Fsp3) is 0.235. The van der Waals surface area contributed by atoms with Gasteiger partial charge in [-0.15, -0.1) is 0 Å². The molecule has 5 heteroatoms. The van der Waals surface area contributed by atoms with E-state index in [1.54, 1.807) is 0 Å². The molecule has 0 unspecified atom stereocenters. The van der Waals surface area contributed by atoms with E-state index in [4.69, 9.17) is 10.2 Å². The fourth-order valence-corrected chi connectivity index (χ4v) is 3.21. The van der Waals surface area contributed by atoms with Gasteiger partial charge in [0.05, 0.1) is 28.2 Å². The summed E-state index contributed by atoms with van der Waals surface area (Å²) in [4.78, 5) is 4.76. The van der Waals surface area contributed by atoms with Crippen molar-refractivity contribution in [3.05, 3.63) is 47.7 Å². The summed E-state index contributed by atoms with van der Waals surface area (Å²) in [6.45, 7) is 5.91. The van der Waals surface area contributed by atoms with E-state index >= 15 is 0 Å². The third kappa shape index (κ3) is 2.58. The van der Waals surface area contributed by atoms with Gasteiger partial charge in [0.15, 0.2) is 5.16 Å². The Morgan fingerprint density at radius 2 is 1.95 bits per heavy atom. The van der Waals surface area contributed by atoms with Crippen LogP contribution >= 0.6 is 11.8 Å². The van der Waals surface area contributed by atoms with E-state index in [1.165, 1.54) is 11.8 Å². The predicted molar refractivity (Wildman–Crippen MR) is 88.8 cm³/mol. The Bertz CT molecular complexity index is 862. The third-order valence-electron chi connectivity index (χ3n) is 3.39. The lowest BCUT2D eigenvalue weighted by Crippen LogP contribution is -2.00. The molecule has 0 N–H and O–H groups in total. The normalized spacial score (nSPS) is 12.3. The smallest absolute Gasteiger partial charge is 0.191 e. The summed E-state index contributed by atoms with van der Waals surface area (Å²) in [6.07, 6.45) is 0. The van der Waals surface area contributed by atoms with E-state index < -0.39 is 0 Å². The average molecular weight is 308 g/mol. The van der Waals surface area contributed by atoms with Gasteiger partial charge in [-0.05, 0) is 32.4 Å². The van der Waals surface area contributed by atoms with Crippen LogP contribution in [-0.4, -0.2) is 19.8 Å². The van der Waals surface area contributed by atoms with Gasteiger partial charge in [0.1, 0.15) is 0 Å². The van der Waals surface area contributed by atoms with Crippen molar-refractivity contribution in [2.75, 3.05) is 0 Å². The van der Waals surface area contributed by atoms with Crippen molar-refractivity contribution in [2.24, 2.45) is 0 Å². The van der Waals surface area contributed by atoms with E-state index in [0.29, 0.717) is 0 Å². The van der Waals surface area contributed by atoms with Crippen LogP contribution < -0.4 is 0 Å². The van der Waals surface area contributed by atoms with Crippen molar-refractivity contribution in [1.29, 1.82) is 5.26 Å². The Labute approximate surface area is 133 Å². The maximum atomic E-state index is 9.07. The number of aryl methyl sites for hydroxylation is 2. The molecule has 0 fully saturated rings. The van der Waals surface area contributed by atoms with Crippen LogP contribution in [0.4, 0.5) is 0 Å². The van der Waals surface area contributed by atoms with Crippen molar-refractivity contribution in [2.45, 2.75) is 31.2 Å². The number of hydrogen-bond donors (Lipinski definition) is 0. The molecular weight excluding hydrogens is 292 g/mol. The summed E-state index contributed by atoms with van der Waals surface area (Å²) in [7, 11) is 0. The summed E-state index contributed by atoms with van der Waals surface area (Å²) < 4.78 is 1.87. The summed E-state index contributed by atoms with van der Waals surface area (Å²) in [5.74, 6) is 0. The molecule has 22 heavy (non-hydrogen) atoms. The van der Waals surface area contributed by atoms with Crippen molar-refractivity contribution in [3.63, 3.8) is 0 Å². The van der Waals surface area contributed by atoms with Crippen LogP contribution in [-0.2, 0) is 0 Å². The molecule has 1 aromatic carbocycles. The zero-order valence-electron chi connectivity index (χ0n) is 12.7. The predicted octanol–water partition coefficient (Wildman–Crippen LogP) is 4.02. The molecule has 3 aromatic rings. The summed E-state index contributed by atoms with van der Waals surface area (Å²) in [5, 5.41) is 14.3. The highest BCUT2D eigenvalue weighted by molar-refractivity contribution is 8.00. The number of rotatable bonds is 3. The van der Waals surface area contributed by atoms with Gasteiger partial charge in [-0.2, -0.15) is 10.4 Å². The largest absolute Gasteiger partial charge is 0.220 e.